The highest BCUT2D eigenvalue weighted by Crippen LogP contribution is 2.36. The number of thiazole rings is 1. The number of thioether (sulfide) groups is 1. The Morgan fingerprint density at radius 3 is 2.59 bits per heavy atom. The molecule has 4 nitrogen and oxygen atoms in total. The molecule has 0 saturated carbocycles. The van der Waals surface area contributed by atoms with Gasteiger partial charge in [0.25, 0.3) is 0 Å². The maximum atomic E-state index is 12.4. The first kappa shape index (κ1) is 22.5. The van der Waals surface area contributed by atoms with Crippen LogP contribution in [0.4, 0.5) is 0 Å². The van der Waals surface area contributed by atoms with Crippen molar-refractivity contribution in [3.63, 3.8) is 0 Å². The summed E-state index contributed by atoms with van der Waals surface area (Å²) in [4.78, 5) is 17.0. The summed E-state index contributed by atoms with van der Waals surface area (Å²) in [5.74, 6) is 0.681. The third kappa shape index (κ3) is 7.27. The van der Waals surface area contributed by atoms with Crippen molar-refractivity contribution in [2.24, 2.45) is 0 Å². The van der Waals surface area contributed by atoms with Gasteiger partial charge in [0, 0.05) is 15.4 Å². The van der Waals surface area contributed by atoms with E-state index in [9.17, 15) is 4.79 Å². The second-order valence-corrected chi connectivity index (χ2v) is 11.7. The van der Waals surface area contributed by atoms with Gasteiger partial charge in [0.2, 0.25) is 0 Å². The maximum absolute atomic E-state index is 12.4. The van der Waals surface area contributed by atoms with Crippen molar-refractivity contribution in [3.05, 3.63) is 38.4 Å². The van der Waals surface area contributed by atoms with Crippen LogP contribution < -0.4 is 4.74 Å². The SMILES string of the molecule is Cc1cc(I)ccc1OCCc1csc(SC(C)(C)C(=O)OC(C)(C)C)n1. The topological polar surface area (TPSA) is 48.4 Å². The maximum Gasteiger partial charge on any atom is 0.322 e. The Labute approximate surface area is 183 Å². The average Bonchev–Trinajstić information content (AvgIpc) is 2.94. The number of benzene rings is 1. The van der Waals surface area contributed by atoms with E-state index in [-0.39, 0.29) is 5.97 Å². The van der Waals surface area contributed by atoms with Gasteiger partial charge in [-0.2, -0.15) is 0 Å². The lowest BCUT2D eigenvalue weighted by molar-refractivity contribution is -0.156. The van der Waals surface area contributed by atoms with Gasteiger partial charge in [-0.05, 0) is 87.9 Å². The molecule has 2 aromatic rings. The van der Waals surface area contributed by atoms with Crippen molar-refractivity contribution in [2.75, 3.05) is 6.61 Å². The van der Waals surface area contributed by atoms with Crippen LogP contribution in [0.2, 0.25) is 0 Å². The molecule has 0 saturated heterocycles. The second-order valence-electron chi connectivity index (χ2n) is 7.73. The van der Waals surface area contributed by atoms with E-state index < -0.39 is 10.3 Å². The van der Waals surface area contributed by atoms with Gasteiger partial charge in [0.15, 0.2) is 4.34 Å². The summed E-state index contributed by atoms with van der Waals surface area (Å²) in [6, 6.07) is 6.15. The molecule has 0 aliphatic heterocycles. The molecule has 2 rings (SSSR count). The monoisotopic (exact) mass is 519 g/mol. The van der Waals surface area contributed by atoms with Gasteiger partial charge in [-0.25, -0.2) is 4.98 Å². The molecular formula is C20H26INO3S2. The third-order valence-corrected chi connectivity index (χ3v) is 6.35. The molecule has 148 valence electrons. The van der Waals surface area contributed by atoms with Gasteiger partial charge in [0.05, 0.1) is 12.3 Å². The van der Waals surface area contributed by atoms with Crippen LogP contribution in [0.15, 0.2) is 27.9 Å². The highest BCUT2D eigenvalue weighted by atomic mass is 127. The molecule has 1 heterocycles. The van der Waals surface area contributed by atoms with E-state index in [1.165, 1.54) is 15.3 Å². The molecule has 0 bridgehead atoms. The van der Waals surface area contributed by atoms with Crippen LogP contribution in [0.5, 0.6) is 5.75 Å². The number of carbonyl (C=O) groups excluding carboxylic acids is 1. The average molecular weight is 519 g/mol. The van der Waals surface area contributed by atoms with Gasteiger partial charge in [-0.1, -0.05) is 11.8 Å². The summed E-state index contributed by atoms with van der Waals surface area (Å²) in [6.07, 6.45) is 0.732. The Morgan fingerprint density at radius 1 is 1.26 bits per heavy atom. The molecule has 0 aliphatic rings. The normalized spacial score (nSPS) is 12.1. The van der Waals surface area contributed by atoms with Crippen molar-refractivity contribution >= 4 is 51.7 Å². The minimum atomic E-state index is -0.683. The van der Waals surface area contributed by atoms with Crippen LogP contribution in [0, 0.1) is 10.5 Å². The summed E-state index contributed by atoms with van der Waals surface area (Å²) in [5.41, 5.74) is 1.62. The van der Waals surface area contributed by atoms with Gasteiger partial charge in [0.1, 0.15) is 16.1 Å². The van der Waals surface area contributed by atoms with Gasteiger partial charge in [-0.15, -0.1) is 11.3 Å². The molecule has 1 aromatic carbocycles. The van der Waals surface area contributed by atoms with Gasteiger partial charge in [-0.3, -0.25) is 4.79 Å². The van der Waals surface area contributed by atoms with Crippen LogP contribution in [-0.4, -0.2) is 27.9 Å². The van der Waals surface area contributed by atoms with Gasteiger partial charge >= 0.3 is 5.97 Å². The predicted octanol–water partition coefficient (Wildman–Crippen LogP) is 5.89. The number of aromatic nitrogens is 1. The molecule has 0 amide bonds. The molecule has 0 aliphatic carbocycles. The van der Waals surface area contributed by atoms with Crippen molar-refractivity contribution < 1.29 is 14.3 Å². The Bertz CT molecular complexity index is 797. The minimum absolute atomic E-state index is 0.228. The fraction of sp³-hybridized carbons (Fsp3) is 0.500. The minimum Gasteiger partial charge on any atom is -0.493 e. The van der Waals surface area contributed by atoms with E-state index in [1.807, 2.05) is 59.1 Å². The quantitative estimate of drug-likeness (QED) is 0.259. The Morgan fingerprint density at radius 2 is 1.96 bits per heavy atom. The molecule has 0 atom stereocenters. The van der Waals surface area contributed by atoms with Crippen molar-refractivity contribution in [3.8, 4) is 5.75 Å². The van der Waals surface area contributed by atoms with E-state index >= 15 is 0 Å². The molecule has 0 N–H and O–H groups in total. The summed E-state index contributed by atoms with van der Waals surface area (Å²) in [6.45, 7) is 12.0. The lowest BCUT2D eigenvalue weighted by atomic mass is 10.1. The number of ether oxygens (including phenoxy) is 2. The highest BCUT2D eigenvalue weighted by molar-refractivity contribution is 14.1. The van der Waals surface area contributed by atoms with Crippen LogP contribution in [0.1, 0.15) is 45.9 Å². The van der Waals surface area contributed by atoms with E-state index in [4.69, 9.17) is 9.47 Å². The smallest absolute Gasteiger partial charge is 0.322 e. The van der Waals surface area contributed by atoms with Gasteiger partial charge < -0.3 is 9.47 Å². The predicted molar refractivity (Wildman–Crippen MR) is 121 cm³/mol. The lowest BCUT2D eigenvalue weighted by Crippen LogP contribution is -2.36. The van der Waals surface area contributed by atoms with Crippen molar-refractivity contribution in [2.45, 2.75) is 62.7 Å². The number of carbonyl (C=O) groups is 1. The standard InChI is InChI=1S/C20H26INO3S2/c1-13-11-14(21)7-8-16(13)24-10-9-15-12-26-18(22-15)27-20(5,6)17(23)25-19(2,3)4/h7-8,11-12H,9-10H2,1-6H3. The first-order valence-electron chi connectivity index (χ1n) is 8.72. The highest BCUT2D eigenvalue weighted by Gasteiger charge is 2.34. The zero-order valence-electron chi connectivity index (χ0n) is 16.6. The van der Waals surface area contributed by atoms with Crippen LogP contribution in [0.25, 0.3) is 0 Å². The summed E-state index contributed by atoms with van der Waals surface area (Å²) in [5, 5.41) is 2.03. The summed E-state index contributed by atoms with van der Waals surface area (Å²) >= 11 is 5.29. The molecule has 0 spiro atoms. The molecule has 1 aromatic heterocycles. The first-order valence-corrected chi connectivity index (χ1v) is 11.5. The zero-order valence-corrected chi connectivity index (χ0v) is 20.4. The van der Waals surface area contributed by atoms with Crippen LogP contribution in [-0.2, 0) is 16.0 Å². The fourth-order valence-electron chi connectivity index (χ4n) is 2.15. The van der Waals surface area contributed by atoms with E-state index in [0.717, 1.165) is 27.8 Å². The summed E-state index contributed by atoms with van der Waals surface area (Å²) < 4.78 is 12.8. The largest absolute Gasteiger partial charge is 0.493 e. The van der Waals surface area contributed by atoms with E-state index in [0.29, 0.717) is 6.61 Å². The molecule has 0 radical (unpaired) electrons. The number of hydrogen-bond acceptors (Lipinski definition) is 6. The van der Waals surface area contributed by atoms with Crippen LogP contribution in [0.3, 0.4) is 0 Å². The van der Waals surface area contributed by atoms with Crippen molar-refractivity contribution in [1.82, 2.24) is 4.98 Å². The Kier molecular flexibility index (Phi) is 7.61. The van der Waals surface area contributed by atoms with E-state index in [2.05, 4.69) is 33.6 Å². The molecule has 0 fully saturated rings. The Hall–Kier alpha value is -0.800. The number of hydrogen-bond donors (Lipinski definition) is 0. The summed E-state index contributed by atoms with van der Waals surface area (Å²) in [7, 11) is 0. The molecule has 27 heavy (non-hydrogen) atoms. The number of rotatable bonds is 7. The zero-order chi connectivity index (χ0) is 20.2. The van der Waals surface area contributed by atoms with Crippen LogP contribution >= 0.6 is 45.7 Å². The number of aryl methyl sites for hydroxylation is 1. The number of esters is 1. The Balaban J connectivity index is 1.89. The fourth-order valence-corrected chi connectivity index (χ4v) is 5.06. The molecule has 0 unspecified atom stereocenters. The molecule has 7 heteroatoms. The number of nitrogens with zero attached hydrogens (tertiary/aromatic N) is 1. The second kappa shape index (κ2) is 9.13. The molecular weight excluding hydrogens is 493 g/mol. The lowest BCUT2D eigenvalue weighted by Gasteiger charge is -2.27. The van der Waals surface area contributed by atoms with E-state index in [1.54, 1.807) is 11.3 Å². The number of halogens is 1. The van der Waals surface area contributed by atoms with Crippen molar-refractivity contribution in [1.29, 1.82) is 0 Å². The first-order chi connectivity index (χ1) is 12.5. The third-order valence-electron chi connectivity index (χ3n) is 3.52.